The fraction of sp³-hybridized carbons (Fsp3) is 0.471. The minimum absolute atomic E-state index is 0.0898. The Kier molecular flexibility index (Phi) is 5.08. The number of aliphatic hydroxyl groups excluding tert-OH is 1. The van der Waals surface area contributed by atoms with Crippen molar-refractivity contribution in [3.05, 3.63) is 41.5 Å². The quantitative estimate of drug-likeness (QED) is 0.864. The van der Waals surface area contributed by atoms with E-state index < -0.39 is 6.10 Å². The highest BCUT2D eigenvalue weighted by molar-refractivity contribution is 5.34. The summed E-state index contributed by atoms with van der Waals surface area (Å²) in [6, 6.07) is 8.99. The lowest BCUT2D eigenvalue weighted by Gasteiger charge is -2.24. The van der Waals surface area contributed by atoms with Crippen molar-refractivity contribution < 1.29 is 14.4 Å². The number of aryl methyl sites for hydroxylation is 1. The molecular weight excluding hydrogens is 308 g/mol. The van der Waals surface area contributed by atoms with Gasteiger partial charge in [-0.15, -0.1) is 0 Å². The Morgan fingerprint density at radius 3 is 2.92 bits per heavy atom. The number of aliphatic hydroxyl groups is 1. The normalized spacial score (nSPS) is 19.1. The lowest BCUT2D eigenvalue weighted by atomic mass is 10.2. The van der Waals surface area contributed by atoms with Gasteiger partial charge in [0, 0.05) is 13.5 Å². The molecule has 3 rings (SSSR count). The molecule has 0 amide bonds. The van der Waals surface area contributed by atoms with Crippen molar-refractivity contribution >= 4 is 0 Å². The summed E-state index contributed by atoms with van der Waals surface area (Å²) in [6.07, 6.45) is 1.39. The van der Waals surface area contributed by atoms with Gasteiger partial charge in [0.1, 0.15) is 18.5 Å². The highest BCUT2D eigenvalue weighted by Gasteiger charge is 2.31. The lowest BCUT2D eigenvalue weighted by molar-refractivity contribution is 0.0623. The van der Waals surface area contributed by atoms with Gasteiger partial charge in [-0.3, -0.25) is 4.90 Å². The van der Waals surface area contributed by atoms with Crippen LogP contribution in [0.1, 0.15) is 36.2 Å². The molecule has 0 radical (unpaired) electrons. The molecule has 1 N–H and O–H groups in total. The van der Waals surface area contributed by atoms with Crippen molar-refractivity contribution in [3.8, 4) is 11.8 Å². The van der Waals surface area contributed by atoms with Crippen molar-refractivity contribution in [3.63, 3.8) is 0 Å². The predicted octanol–water partition coefficient (Wildman–Crippen LogP) is 1.83. The molecule has 0 bridgehead atoms. The number of hydrogen-bond donors (Lipinski definition) is 1. The second kappa shape index (κ2) is 7.43. The topological polar surface area (TPSA) is 95.4 Å². The van der Waals surface area contributed by atoms with E-state index >= 15 is 0 Å². The van der Waals surface area contributed by atoms with Gasteiger partial charge in [0.15, 0.2) is 5.82 Å². The SMILES string of the molecule is Cc1nc([C@H]2CCCN2C[C@@H](O)COc2ccc(C#N)cc2)no1. The molecule has 1 aromatic carbocycles. The average Bonchev–Trinajstić information content (AvgIpc) is 3.22. The number of benzene rings is 1. The predicted molar refractivity (Wildman–Crippen MR) is 85.2 cm³/mol. The van der Waals surface area contributed by atoms with Crippen LogP contribution in [-0.2, 0) is 0 Å². The van der Waals surface area contributed by atoms with Crippen LogP contribution in [0, 0.1) is 18.3 Å². The Hall–Kier alpha value is -2.43. The lowest BCUT2D eigenvalue weighted by Crippen LogP contribution is -2.35. The number of rotatable bonds is 6. The monoisotopic (exact) mass is 328 g/mol. The maximum absolute atomic E-state index is 10.3. The molecule has 0 aliphatic carbocycles. The first-order chi connectivity index (χ1) is 11.7. The van der Waals surface area contributed by atoms with E-state index in [9.17, 15) is 5.11 Å². The highest BCUT2D eigenvalue weighted by atomic mass is 16.5. The van der Waals surface area contributed by atoms with Gasteiger partial charge >= 0.3 is 0 Å². The Bertz CT molecular complexity index is 707. The molecule has 126 valence electrons. The first kappa shape index (κ1) is 16.4. The number of β-amino-alcohol motifs (C(OH)–C–C–N with tert-alkyl or cyclic N) is 1. The molecule has 1 aliphatic heterocycles. The van der Waals surface area contributed by atoms with Crippen LogP contribution in [0.5, 0.6) is 5.75 Å². The Morgan fingerprint density at radius 2 is 2.25 bits per heavy atom. The van der Waals surface area contributed by atoms with Gasteiger partial charge in [0.2, 0.25) is 5.89 Å². The van der Waals surface area contributed by atoms with Crippen LogP contribution in [0.25, 0.3) is 0 Å². The van der Waals surface area contributed by atoms with Crippen LogP contribution < -0.4 is 4.74 Å². The van der Waals surface area contributed by atoms with E-state index in [4.69, 9.17) is 14.5 Å². The molecular formula is C17H20N4O3. The molecule has 0 unspecified atom stereocenters. The smallest absolute Gasteiger partial charge is 0.223 e. The molecule has 2 aromatic rings. The molecule has 0 spiro atoms. The summed E-state index contributed by atoms with van der Waals surface area (Å²) in [4.78, 5) is 6.47. The fourth-order valence-corrected chi connectivity index (χ4v) is 2.93. The zero-order chi connectivity index (χ0) is 16.9. The zero-order valence-corrected chi connectivity index (χ0v) is 13.6. The van der Waals surface area contributed by atoms with Gasteiger partial charge < -0.3 is 14.4 Å². The van der Waals surface area contributed by atoms with Crippen LogP contribution in [0.15, 0.2) is 28.8 Å². The number of nitriles is 1. The van der Waals surface area contributed by atoms with E-state index in [2.05, 4.69) is 21.1 Å². The molecule has 1 fully saturated rings. The van der Waals surface area contributed by atoms with Crippen molar-refractivity contribution in [1.82, 2.24) is 15.0 Å². The minimum atomic E-state index is -0.616. The van der Waals surface area contributed by atoms with Gasteiger partial charge in [-0.2, -0.15) is 10.2 Å². The Morgan fingerprint density at radius 1 is 1.46 bits per heavy atom. The van der Waals surface area contributed by atoms with Crippen molar-refractivity contribution in [1.29, 1.82) is 5.26 Å². The van der Waals surface area contributed by atoms with Crippen LogP contribution in [0.2, 0.25) is 0 Å². The van der Waals surface area contributed by atoms with Gasteiger partial charge in [-0.1, -0.05) is 5.16 Å². The number of aromatic nitrogens is 2. The van der Waals surface area contributed by atoms with Crippen molar-refractivity contribution in [2.75, 3.05) is 19.7 Å². The van der Waals surface area contributed by atoms with Crippen molar-refractivity contribution in [2.24, 2.45) is 0 Å². The molecule has 2 heterocycles. The summed E-state index contributed by atoms with van der Waals surface area (Å²) >= 11 is 0. The second-order valence-electron chi connectivity index (χ2n) is 5.93. The van der Waals surface area contributed by atoms with E-state index in [1.165, 1.54) is 0 Å². The summed E-state index contributed by atoms with van der Waals surface area (Å²) in [5, 5.41) is 23.0. The van der Waals surface area contributed by atoms with Crippen molar-refractivity contribution in [2.45, 2.75) is 31.9 Å². The van der Waals surface area contributed by atoms with E-state index in [0.717, 1.165) is 19.4 Å². The first-order valence-electron chi connectivity index (χ1n) is 8.01. The molecule has 24 heavy (non-hydrogen) atoms. The largest absolute Gasteiger partial charge is 0.491 e. The summed E-state index contributed by atoms with van der Waals surface area (Å²) < 4.78 is 10.6. The number of ether oxygens (including phenoxy) is 1. The van der Waals surface area contributed by atoms with Gasteiger partial charge in [-0.25, -0.2) is 0 Å². The molecule has 2 atom stereocenters. The van der Waals surface area contributed by atoms with E-state index in [-0.39, 0.29) is 12.6 Å². The molecule has 1 aromatic heterocycles. The molecule has 1 aliphatic rings. The minimum Gasteiger partial charge on any atom is -0.491 e. The third kappa shape index (κ3) is 3.91. The third-order valence-electron chi connectivity index (χ3n) is 4.08. The standard InChI is InChI=1S/C17H20N4O3/c1-12-19-17(20-24-12)16-3-2-8-21(16)10-14(22)11-23-15-6-4-13(9-18)5-7-15/h4-7,14,16,22H,2-3,8,10-11H2,1H3/t14-,16-/m1/s1. The number of hydrogen-bond acceptors (Lipinski definition) is 7. The summed E-state index contributed by atoms with van der Waals surface area (Å²) in [5.41, 5.74) is 0.582. The molecule has 0 saturated carbocycles. The average molecular weight is 328 g/mol. The number of likely N-dealkylation sites (tertiary alicyclic amines) is 1. The maximum Gasteiger partial charge on any atom is 0.223 e. The fourth-order valence-electron chi connectivity index (χ4n) is 2.93. The van der Waals surface area contributed by atoms with Gasteiger partial charge in [0.05, 0.1) is 17.7 Å². The highest BCUT2D eigenvalue weighted by Crippen LogP contribution is 2.30. The first-order valence-corrected chi connectivity index (χ1v) is 8.01. The van der Waals surface area contributed by atoms with Gasteiger partial charge in [0.25, 0.3) is 0 Å². The maximum atomic E-state index is 10.3. The Balaban J connectivity index is 1.52. The van der Waals surface area contributed by atoms with E-state index in [1.807, 2.05) is 0 Å². The molecule has 7 nitrogen and oxygen atoms in total. The Labute approximate surface area is 140 Å². The summed E-state index contributed by atoms with van der Waals surface area (Å²) in [5.74, 6) is 1.88. The van der Waals surface area contributed by atoms with Gasteiger partial charge in [-0.05, 0) is 43.7 Å². The zero-order valence-electron chi connectivity index (χ0n) is 13.6. The van der Waals surface area contributed by atoms with E-state index in [1.54, 1.807) is 31.2 Å². The van der Waals surface area contributed by atoms with Crippen LogP contribution >= 0.6 is 0 Å². The van der Waals surface area contributed by atoms with Crippen LogP contribution in [-0.4, -0.2) is 45.9 Å². The number of nitrogens with zero attached hydrogens (tertiary/aromatic N) is 4. The molecule has 1 saturated heterocycles. The van der Waals surface area contributed by atoms with Crippen LogP contribution in [0.3, 0.4) is 0 Å². The summed E-state index contributed by atoms with van der Waals surface area (Å²) in [6.45, 7) is 3.36. The third-order valence-corrected chi connectivity index (χ3v) is 4.08. The van der Waals surface area contributed by atoms with E-state index in [0.29, 0.717) is 29.6 Å². The second-order valence-corrected chi connectivity index (χ2v) is 5.93. The van der Waals surface area contributed by atoms with Crippen LogP contribution in [0.4, 0.5) is 0 Å². The molecule has 7 heteroatoms. The summed E-state index contributed by atoms with van der Waals surface area (Å²) in [7, 11) is 0.